The molecule has 142 valence electrons. The van der Waals surface area contributed by atoms with Gasteiger partial charge in [0.1, 0.15) is 11.5 Å². The van der Waals surface area contributed by atoms with Crippen molar-refractivity contribution in [3.63, 3.8) is 0 Å². The second kappa shape index (κ2) is 9.18. The zero-order valence-electron chi connectivity index (χ0n) is 15.2. The largest absolute Gasteiger partial charge is 0.497 e. The predicted octanol–water partition coefficient (Wildman–Crippen LogP) is 3.36. The average molecular weight is 377 g/mol. The van der Waals surface area contributed by atoms with Gasteiger partial charge in [0.2, 0.25) is 0 Å². The zero-order valence-corrected chi connectivity index (χ0v) is 15.2. The SMILES string of the molecule is COc1ccc(OCC(=O)Nc2cccc(NC(=O)c3cccnc3)c2)cc1. The Morgan fingerprint density at radius 3 is 2.32 bits per heavy atom. The Bertz CT molecular complexity index is 943. The van der Waals surface area contributed by atoms with E-state index in [1.807, 2.05) is 0 Å². The van der Waals surface area contributed by atoms with Gasteiger partial charge in [-0.25, -0.2) is 0 Å². The van der Waals surface area contributed by atoms with E-state index in [0.717, 1.165) is 0 Å². The molecule has 0 unspecified atom stereocenters. The van der Waals surface area contributed by atoms with E-state index in [4.69, 9.17) is 9.47 Å². The van der Waals surface area contributed by atoms with Gasteiger partial charge in [0.15, 0.2) is 6.61 Å². The highest BCUT2D eigenvalue weighted by Crippen LogP contribution is 2.18. The lowest BCUT2D eigenvalue weighted by Crippen LogP contribution is -2.20. The second-order valence-corrected chi connectivity index (χ2v) is 5.79. The van der Waals surface area contributed by atoms with Gasteiger partial charge in [-0.15, -0.1) is 0 Å². The van der Waals surface area contributed by atoms with Crippen LogP contribution in [-0.2, 0) is 4.79 Å². The maximum atomic E-state index is 12.2. The Labute approximate surface area is 162 Å². The molecule has 0 saturated carbocycles. The minimum Gasteiger partial charge on any atom is -0.497 e. The highest BCUT2D eigenvalue weighted by Gasteiger charge is 2.08. The van der Waals surface area contributed by atoms with Crippen molar-refractivity contribution in [3.05, 3.63) is 78.6 Å². The number of methoxy groups -OCH3 is 1. The maximum Gasteiger partial charge on any atom is 0.262 e. The fraction of sp³-hybridized carbons (Fsp3) is 0.0952. The first-order chi connectivity index (χ1) is 13.6. The van der Waals surface area contributed by atoms with Crippen molar-refractivity contribution in [1.29, 1.82) is 0 Å². The fourth-order valence-electron chi connectivity index (χ4n) is 2.39. The molecule has 0 aliphatic heterocycles. The van der Waals surface area contributed by atoms with Crippen LogP contribution in [0, 0.1) is 0 Å². The minimum atomic E-state index is -0.313. The Hall–Kier alpha value is -3.87. The molecule has 0 aliphatic carbocycles. The second-order valence-electron chi connectivity index (χ2n) is 5.79. The summed E-state index contributed by atoms with van der Waals surface area (Å²) in [6.07, 6.45) is 3.08. The van der Waals surface area contributed by atoms with E-state index < -0.39 is 0 Å². The summed E-state index contributed by atoms with van der Waals surface area (Å²) in [4.78, 5) is 28.2. The first-order valence-corrected chi connectivity index (χ1v) is 8.52. The number of pyridine rings is 1. The molecule has 0 spiro atoms. The molecule has 3 rings (SSSR count). The molecule has 0 fully saturated rings. The van der Waals surface area contributed by atoms with E-state index >= 15 is 0 Å². The lowest BCUT2D eigenvalue weighted by molar-refractivity contribution is -0.118. The Balaban J connectivity index is 1.54. The van der Waals surface area contributed by atoms with Crippen molar-refractivity contribution in [2.75, 3.05) is 24.4 Å². The number of nitrogens with zero attached hydrogens (tertiary/aromatic N) is 1. The van der Waals surface area contributed by atoms with Gasteiger partial charge >= 0.3 is 0 Å². The smallest absolute Gasteiger partial charge is 0.262 e. The topological polar surface area (TPSA) is 89.5 Å². The number of carbonyl (C=O) groups excluding carboxylic acids is 2. The zero-order chi connectivity index (χ0) is 19.8. The predicted molar refractivity (Wildman–Crippen MR) is 106 cm³/mol. The van der Waals surface area contributed by atoms with Crippen LogP contribution in [0.1, 0.15) is 10.4 Å². The van der Waals surface area contributed by atoms with Crippen LogP contribution in [0.4, 0.5) is 11.4 Å². The number of amides is 2. The van der Waals surface area contributed by atoms with Crippen LogP contribution in [0.3, 0.4) is 0 Å². The number of rotatable bonds is 7. The standard InChI is InChI=1S/C21H19N3O4/c1-27-18-7-9-19(10-8-18)28-14-20(25)23-16-5-2-6-17(12-16)24-21(26)15-4-3-11-22-13-15/h2-13H,14H2,1H3,(H,23,25)(H,24,26). The molecule has 0 aliphatic rings. The quantitative estimate of drug-likeness (QED) is 0.659. The highest BCUT2D eigenvalue weighted by molar-refractivity contribution is 6.04. The van der Waals surface area contributed by atoms with Gasteiger partial charge in [-0.05, 0) is 54.6 Å². The molecule has 7 nitrogen and oxygen atoms in total. The molecule has 0 saturated heterocycles. The Kier molecular flexibility index (Phi) is 6.20. The summed E-state index contributed by atoms with van der Waals surface area (Å²) in [5, 5.41) is 5.50. The molecule has 2 N–H and O–H groups in total. The molecule has 2 amide bonds. The minimum absolute atomic E-state index is 0.140. The average Bonchev–Trinajstić information content (AvgIpc) is 2.73. The van der Waals surface area contributed by atoms with Gasteiger partial charge in [-0.2, -0.15) is 0 Å². The third-order valence-corrected chi connectivity index (χ3v) is 3.76. The van der Waals surface area contributed by atoms with Gasteiger partial charge in [0.25, 0.3) is 11.8 Å². The molecule has 0 atom stereocenters. The first-order valence-electron chi connectivity index (χ1n) is 8.52. The molecular weight excluding hydrogens is 358 g/mol. The van der Waals surface area contributed by atoms with Crippen molar-refractivity contribution in [1.82, 2.24) is 4.98 Å². The van der Waals surface area contributed by atoms with Gasteiger partial charge in [0.05, 0.1) is 12.7 Å². The third-order valence-electron chi connectivity index (χ3n) is 3.76. The summed E-state index contributed by atoms with van der Waals surface area (Å²) >= 11 is 0. The fourth-order valence-corrected chi connectivity index (χ4v) is 2.39. The van der Waals surface area contributed by atoms with E-state index in [9.17, 15) is 9.59 Å². The van der Waals surface area contributed by atoms with Gasteiger partial charge in [-0.3, -0.25) is 14.6 Å². The Morgan fingerprint density at radius 2 is 1.64 bits per heavy atom. The third kappa shape index (κ3) is 5.31. The summed E-state index contributed by atoms with van der Waals surface area (Å²) in [5.41, 5.74) is 1.56. The molecular formula is C21H19N3O4. The molecule has 2 aromatic carbocycles. The van der Waals surface area contributed by atoms with E-state index in [2.05, 4.69) is 15.6 Å². The number of aromatic nitrogens is 1. The molecule has 0 radical (unpaired) electrons. The molecule has 1 heterocycles. The van der Waals surface area contributed by atoms with Crippen molar-refractivity contribution >= 4 is 23.2 Å². The summed E-state index contributed by atoms with van der Waals surface area (Å²) in [6, 6.07) is 17.2. The van der Waals surface area contributed by atoms with Crippen molar-refractivity contribution < 1.29 is 19.1 Å². The summed E-state index contributed by atoms with van der Waals surface area (Å²) in [6.45, 7) is -0.140. The van der Waals surface area contributed by atoms with Crippen LogP contribution in [0.25, 0.3) is 0 Å². The van der Waals surface area contributed by atoms with Crippen molar-refractivity contribution in [2.24, 2.45) is 0 Å². The van der Waals surface area contributed by atoms with E-state index in [-0.39, 0.29) is 18.4 Å². The lowest BCUT2D eigenvalue weighted by Gasteiger charge is -2.10. The number of benzene rings is 2. The lowest BCUT2D eigenvalue weighted by atomic mass is 10.2. The maximum absolute atomic E-state index is 12.2. The van der Waals surface area contributed by atoms with Crippen LogP contribution >= 0.6 is 0 Å². The van der Waals surface area contributed by atoms with Crippen LogP contribution in [0.2, 0.25) is 0 Å². The molecule has 0 bridgehead atoms. The molecule has 7 heteroatoms. The monoisotopic (exact) mass is 377 g/mol. The summed E-state index contributed by atoms with van der Waals surface area (Å²) < 4.78 is 10.5. The van der Waals surface area contributed by atoms with Gasteiger partial charge in [-0.1, -0.05) is 6.07 Å². The van der Waals surface area contributed by atoms with E-state index in [0.29, 0.717) is 28.4 Å². The first kappa shape index (κ1) is 18.9. The van der Waals surface area contributed by atoms with Crippen LogP contribution in [0.15, 0.2) is 73.1 Å². The summed E-state index contributed by atoms with van der Waals surface area (Å²) in [7, 11) is 1.58. The number of carbonyl (C=O) groups is 2. The number of ether oxygens (including phenoxy) is 2. The number of anilines is 2. The number of hydrogen-bond acceptors (Lipinski definition) is 5. The Morgan fingerprint density at radius 1 is 0.929 bits per heavy atom. The van der Waals surface area contributed by atoms with Gasteiger partial charge < -0.3 is 20.1 Å². The normalized spacial score (nSPS) is 10.0. The van der Waals surface area contributed by atoms with Crippen LogP contribution in [-0.4, -0.2) is 30.5 Å². The van der Waals surface area contributed by atoms with Crippen LogP contribution < -0.4 is 20.1 Å². The van der Waals surface area contributed by atoms with E-state index in [1.165, 1.54) is 6.20 Å². The van der Waals surface area contributed by atoms with Crippen molar-refractivity contribution in [3.8, 4) is 11.5 Å². The van der Waals surface area contributed by atoms with Gasteiger partial charge in [0, 0.05) is 23.8 Å². The summed E-state index contributed by atoms with van der Waals surface area (Å²) in [5.74, 6) is 0.682. The molecule has 1 aromatic heterocycles. The van der Waals surface area contributed by atoms with E-state index in [1.54, 1.807) is 74.0 Å². The number of hydrogen-bond donors (Lipinski definition) is 2. The number of nitrogens with one attached hydrogen (secondary N) is 2. The van der Waals surface area contributed by atoms with Crippen LogP contribution in [0.5, 0.6) is 11.5 Å². The highest BCUT2D eigenvalue weighted by atomic mass is 16.5. The molecule has 3 aromatic rings. The van der Waals surface area contributed by atoms with Crippen molar-refractivity contribution in [2.45, 2.75) is 0 Å². The molecule has 28 heavy (non-hydrogen) atoms.